The predicted molar refractivity (Wildman–Crippen MR) is 106 cm³/mol. The van der Waals surface area contributed by atoms with E-state index in [0.717, 1.165) is 51.2 Å². The van der Waals surface area contributed by atoms with Crippen molar-refractivity contribution in [3.63, 3.8) is 0 Å². The highest BCUT2D eigenvalue weighted by molar-refractivity contribution is 5.96. The van der Waals surface area contributed by atoms with Gasteiger partial charge in [0.1, 0.15) is 5.69 Å². The number of anilines is 2. The third kappa shape index (κ3) is 3.25. The van der Waals surface area contributed by atoms with Gasteiger partial charge in [0.05, 0.1) is 11.8 Å². The fourth-order valence-electron chi connectivity index (χ4n) is 3.46. The molecule has 1 unspecified atom stereocenters. The molecule has 1 aliphatic heterocycles. The highest BCUT2D eigenvalue weighted by Gasteiger charge is 2.19. The number of benzene rings is 2. The Morgan fingerprint density at radius 2 is 1.96 bits per heavy atom. The van der Waals surface area contributed by atoms with E-state index in [2.05, 4.69) is 22.3 Å². The Balaban J connectivity index is 1.91. The molecule has 27 heavy (non-hydrogen) atoms. The van der Waals surface area contributed by atoms with Crippen LogP contribution in [0.2, 0.25) is 0 Å². The minimum atomic E-state index is -0.0902. The number of nitrogens with two attached hydrogens (primary N) is 1. The van der Waals surface area contributed by atoms with Gasteiger partial charge in [-0.3, -0.25) is 5.21 Å². The summed E-state index contributed by atoms with van der Waals surface area (Å²) in [5, 5.41) is 21.3. The molecule has 138 valence electrons. The molecule has 0 fully saturated rings. The third-order valence-corrected chi connectivity index (χ3v) is 4.91. The first-order valence-electron chi connectivity index (χ1n) is 9.03. The molecule has 0 saturated carbocycles. The van der Waals surface area contributed by atoms with E-state index in [0.29, 0.717) is 11.5 Å². The van der Waals surface area contributed by atoms with Crippen molar-refractivity contribution in [2.75, 3.05) is 11.0 Å². The van der Waals surface area contributed by atoms with Gasteiger partial charge in [-0.2, -0.15) is 5.10 Å². The molecule has 2 aromatic carbocycles. The van der Waals surface area contributed by atoms with Crippen molar-refractivity contribution in [1.82, 2.24) is 10.2 Å². The number of rotatable bonds is 1. The molecule has 0 spiro atoms. The van der Waals surface area contributed by atoms with Crippen molar-refractivity contribution in [3.05, 3.63) is 65.4 Å². The first kappa shape index (κ1) is 17.5. The van der Waals surface area contributed by atoms with Crippen molar-refractivity contribution in [1.29, 1.82) is 0 Å². The number of aromatic nitrogens is 2. The minimum Gasteiger partial charge on any atom is -0.382 e. The van der Waals surface area contributed by atoms with Crippen LogP contribution in [0.1, 0.15) is 36.6 Å². The van der Waals surface area contributed by atoms with E-state index in [1.165, 1.54) is 0 Å². The van der Waals surface area contributed by atoms with E-state index in [-0.39, 0.29) is 6.10 Å². The van der Waals surface area contributed by atoms with Gasteiger partial charge in [0, 0.05) is 16.3 Å². The average molecular weight is 362 g/mol. The van der Waals surface area contributed by atoms with Gasteiger partial charge < -0.3 is 5.73 Å². The van der Waals surface area contributed by atoms with Gasteiger partial charge in [-0.1, -0.05) is 30.3 Å². The van der Waals surface area contributed by atoms with Gasteiger partial charge in [-0.25, -0.2) is 4.84 Å². The first-order valence-corrected chi connectivity index (χ1v) is 9.03. The Bertz CT molecular complexity index is 1030. The summed E-state index contributed by atoms with van der Waals surface area (Å²) >= 11 is 0. The molecule has 0 aliphatic carbocycles. The number of nitrogens with zero attached hydrogens (tertiary/aromatic N) is 3. The van der Waals surface area contributed by atoms with Crippen LogP contribution in [0.4, 0.5) is 11.5 Å². The quantitative estimate of drug-likeness (QED) is 0.673. The maximum atomic E-state index is 10.4. The number of aryl methyl sites for hydroxylation is 1. The normalized spacial score (nSPS) is 17.7. The highest BCUT2D eigenvalue weighted by atomic mass is 16.9. The number of fused-ring (bicyclic) bond motifs is 2. The lowest BCUT2D eigenvalue weighted by Crippen LogP contribution is -2.25. The molecule has 4 rings (SSSR count). The van der Waals surface area contributed by atoms with Crippen LogP contribution in [-0.4, -0.2) is 21.5 Å². The van der Waals surface area contributed by atoms with Crippen LogP contribution in [0.15, 0.2) is 48.5 Å². The molecule has 1 aliphatic rings. The molecule has 1 aromatic heterocycles. The van der Waals surface area contributed by atoms with Crippen molar-refractivity contribution in [2.24, 2.45) is 0 Å². The second kappa shape index (κ2) is 6.98. The summed E-state index contributed by atoms with van der Waals surface area (Å²) < 4.78 is 0. The molecule has 0 bridgehead atoms. The van der Waals surface area contributed by atoms with Crippen LogP contribution in [0.3, 0.4) is 0 Å². The van der Waals surface area contributed by atoms with Crippen LogP contribution in [0, 0.1) is 6.92 Å². The Morgan fingerprint density at radius 1 is 1.15 bits per heavy atom. The van der Waals surface area contributed by atoms with Gasteiger partial charge in [0.15, 0.2) is 5.82 Å². The third-order valence-electron chi connectivity index (χ3n) is 4.91. The Labute approximate surface area is 157 Å². The zero-order chi connectivity index (χ0) is 19.0. The Hall–Kier alpha value is -2.96. The van der Waals surface area contributed by atoms with Crippen LogP contribution in [0.5, 0.6) is 0 Å². The summed E-state index contributed by atoms with van der Waals surface area (Å²) in [6.45, 7) is 3.88. The van der Waals surface area contributed by atoms with Gasteiger partial charge in [-0.15, -0.1) is 10.3 Å². The molecule has 1 atom stereocenters. The zero-order valence-electron chi connectivity index (χ0n) is 15.4. The standard InChI is InChI=1S/C21H22N4O2/c1-13-6-5-8-16(17-7-3-4-9-20(17)25(26)27-13)15-10-11-18-19(12-15)14(2)23-24-21(18)22/h3-4,7-13,26H,5-6H2,1-2H3,(H2,22,24). The molecule has 3 N–H and O–H groups in total. The van der Waals surface area contributed by atoms with Gasteiger partial charge in [0.25, 0.3) is 0 Å². The van der Waals surface area contributed by atoms with Crippen LogP contribution < -0.4 is 11.0 Å². The molecular weight excluding hydrogens is 340 g/mol. The van der Waals surface area contributed by atoms with Crippen molar-refractivity contribution in [2.45, 2.75) is 32.8 Å². The van der Waals surface area contributed by atoms with E-state index in [9.17, 15) is 5.21 Å². The van der Waals surface area contributed by atoms with Crippen LogP contribution in [-0.2, 0) is 4.84 Å². The van der Waals surface area contributed by atoms with E-state index in [1.807, 2.05) is 50.2 Å². The monoisotopic (exact) mass is 362 g/mol. The lowest BCUT2D eigenvalue weighted by Gasteiger charge is -2.22. The Morgan fingerprint density at radius 3 is 2.81 bits per heavy atom. The second-order valence-electron chi connectivity index (χ2n) is 6.83. The maximum absolute atomic E-state index is 10.4. The van der Waals surface area contributed by atoms with Crippen LogP contribution in [0.25, 0.3) is 16.3 Å². The Kier molecular flexibility index (Phi) is 4.51. The molecule has 2 heterocycles. The summed E-state index contributed by atoms with van der Waals surface area (Å²) in [6, 6.07) is 13.8. The van der Waals surface area contributed by atoms with Gasteiger partial charge in [-0.05, 0) is 56.0 Å². The molecule has 0 saturated heterocycles. The smallest absolute Gasteiger partial charge is 0.153 e. The van der Waals surface area contributed by atoms with Gasteiger partial charge in [0.2, 0.25) is 0 Å². The largest absolute Gasteiger partial charge is 0.382 e. The maximum Gasteiger partial charge on any atom is 0.153 e. The number of allylic oxidation sites excluding steroid dienone is 1. The number of hydrogen-bond donors (Lipinski definition) is 2. The second-order valence-corrected chi connectivity index (χ2v) is 6.83. The lowest BCUT2D eigenvalue weighted by molar-refractivity contribution is -0.0794. The highest BCUT2D eigenvalue weighted by Crippen LogP contribution is 2.35. The minimum absolute atomic E-state index is 0.0902. The zero-order valence-corrected chi connectivity index (χ0v) is 15.4. The topological polar surface area (TPSA) is 84.5 Å². The first-order chi connectivity index (χ1) is 13.0. The molecule has 0 amide bonds. The van der Waals surface area contributed by atoms with Gasteiger partial charge >= 0.3 is 0 Å². The fraction of sp³-hybridized carbons (Fsp3) is 0.238. The summed E-state index contributed by atoms with van der Waals surface area (Å²) in [5.41, 5.74) is 10.4. The number of hydrogen-bond acceptors (Lipinski definition) is 6. The van der Waals surface area contributed by atoms with E-state index >= 15 is 0 Å². The average Bonchev–Trinajstić information content (AvgIpc) is 2.73. The molecular formula is C21H22N4O2. The predicted octanol–water partition coefficient (Wildman–Crippen LogP) is 4.26. The number of nitrogen functional groups attached to an aromatic ring is 1. The van der Waals surface area contributed by atoms with E-state index < -0.39 is 0 Å². The van der Waals surface area contributed by atoms with E-state index in [4.69, 9.17) is 10.6 Å². The SMILES string of the molecule is Cc1nnc(N)c2ccc(C3=CCCC(C)ON(O)c4ccccc43)cc12. The molecule has 6 nitrogen and oxygen atoms in total. The lowest BCUT2D eigenvalue weighted by atomic mass is 9.93. The summed E-state index contributed by atoms with van der Waals surface area (Å²) in [5.74, 6) is 0.426. The summed E-state index contributed by atoms with van der Waals surface area (Å²) in [7, 11) is 0. The van der Waals surface area contributed by atoms with Crippen LogP contribution >= 0.6 is 0 Å². The molecule has 3 aromatic rings. The molecule has 6 heteroatoms. The van der Waals surface area contributed by atoms with E-state index in [1.54, 1.807) is 0 Å². The summed E-state index contributed by atoms with van der Waals surface area (Å²) in [6.07, 6.45) is 3.76. The fourth-order valence-corrected chi connectivity index (χ4v) is 3.46. The van der Waals surface area contributed by atoms with Crippen molar-refractivity contribution < 1.29 is 10.0 Å². The van der Waals surface area contributed by atoms with Crippen molar-refractivity contribution in [3.8, 4) is 0 Å². The summed E-state index contributed by atoms with van der Waals surface area (Å²) in [4.78, 5) is 5.61. The molecule has 0 radical (unpaired) electrons. The number of para-hydroxylation sites is 1. The van der Waals surface area contributed by atoms with Crippen molar-refractivity contribution >= 4 is 27.9 Å².